The SMILES string of the molecule is Cc1c(F)cc([N+](=O)[O-])cc1C(=O)CBr. The first-order valence-electron chi connectivity index (χ1n) is 4.01. The molecule has 0 aliphatic carbocycles. The van der Waals surface area contributed by atoms with Crippen LogP contribution < -0.4 is 0 Å². The van der Waals surface area contributed by atoms with Gasteiger partial charge in [0, 0.05) is 11.6 Å². The summed E-state index contributed by atoms with van der Waals surface area (Å²) in [5.41, 5.74) is -0.244. The van der Waals surface area contributed by atoms with Crippen molar-refractivity contribution in [1.29, 1.82) is 0 Å². The predicted molar refractivity (Wildman–Crippen MR) is 55.9 cm³/mol. The Hall–Kier alpha value is -1.30. The molecule has 15 heavy (non-hydrogen) atoms. The molecule has 0 heterocycles. The average molecular weight is 276 g/mol. The van der Waals surface area contributed by atoms with E-state index < -0.39 is 16.4 Å². The molecular weight excluding hydrogens is 269 g/mol. The summed E-state index contributed by atoms with van der Waals surface area (Å²) in [7, 11) is 0. The number of hydrogen-bond donors (Lipinski definition) is 0. The van der Waals surface area contributed by atoms with Crippen molar-refractivity contribution in [3.63, 3.8) is 0 Å². The van der Waals surface area contributed by atoms with Crippen LogP contribution in [0.5, 0.6) is 0 Å². The van der Waals surface area contributed by atoms with Crippen LogP contribution in [0.4, 0.5) is 10.1 Å². The van der Waals surface area contributed by atoms with Gasteiger partial charge in [-0.1, -0.05) is 15.9 Å². The third-order valence-corrected chi connectivity index (χ3v) is 2.47. The van der Waals surface area contributed by atoms with Crippen LogP contribution in [0.1, 0.15) is 15.9 Å². The number of non-ortho nitro benzene ring substituents is 1. The van der Waals surface area contributed by atoms with Gasteiger partial charge in [-0.25, -0.2) is 4.39 Å². The van der Waals surface area contributed by atoms with Gasteiger partial charge in [0.1, 0.15) is 5.82 Å². The Morgan fingerprint density at radius 3 is 2.67 bits per heavy atom. The minimum atomic E-state index is -0.742. The van der Waals surface area contributed by atoms with E-state index in [1.54, 1.807) is 0 Å². The van der Waals surface area contributed by atoms with Crippen molar-refractivity contribution in [2.75, 3.05) is 5.33 Å². The fourth-order valence-corrected chi connectivity index (χ4v) is 1.43. The molecule has 0 aliphatic heterocycles. The lowest BCUT2D eigenvalue weighted by atomic mass is 10.0. The lowest BCUT2D eigenvalue weighted by Gasteiger charge is -2.03. The van der Waals surface area contributed by atoms with Gasteiger partial charge in [0.25, 0.3) is 5.69 Å². The van der Waals surface area contributed by atoms with Crippen molar-refractivity contribution in [2.45, 2.75) is 6.92 Å². The maximum Gasteiger partial charge on any atom is 0.273 e. The number of alkyl halides is 1. The molecule has 0 N–H and O–H groups in total. The molecule has 1 rings (SSSR count). The second kappa shape index (κ2) is 4.48. The van der Waals surface area contributed by atoms with Crippen molar-refractivity contribution in [1.82, 2.24) is 0 Å². The average Bonchev–Trinajstić information content (AvgIpc) is 2.20. The summed E-state index contributed by atoms with van der Waals surface area (Å²) in [6.07, 6.45) is 0. The molecule has 0 aromatic heterocycles. The topological polar surface area (TPSA) is 60.2 Å². The number of benzene rings is 1. The zero-order valence-electron chi connectivity index (χ0n) is 7.79. The number of nitrogens with zero attached hydrogens (tertiary/aromatic N) is 1. The smallest absolute Gasteiger partial charge is 0.273 e. The largest absolute Gasteiger partial charge is 0.293 e. The van der Waals surface area contributed by atoms with Crippen LogP contribution in [-0.2, 0) is 0 Å². The van der Waals surface area contributed by atoms with Crippen LogP contribution in [0.15, 0.2) is 12.1 Å². The number of carbonyl (C=O) groups is 1. The van der Waals surface area contributed by atoms with E-state index in [9.17, 15) is 19.3 Å². The summed E-state index contributed by atoms with van der Waals surface area (Å²) in [6, 6.07) is 1.89. The van der Waals surface area contributed by atoms with Crippen molar-refractivity contribution in [3.8, 4) is 0 Å². The molecule has 0 spiro atoms. The number of nitro groups is 1. The highest BCUT2D eigenvalue weighted by Crippen LogP contribution is 2.21. The molecule has 4 nitrogen and oxygen atoms in total. The molecule has 0 atom stereocenters. The molecule has 6 heteroatoms. The molecule has 0 fully saturated rings. The Bertz CT molecular complexity index is 434. The van der Waals surface area contributed by atoms with E-state index >= 15 is 0 Å². The second-order valence-electron chi connectivity index (χ2n) is 2.91. The first-order valence-corrected chi connectivity index (χ1v) is 5.13. The Balaban J connectivity index is 3.37. The third kappa shape index (κ3) is 2.38. The standard InChI is InChI=1S/C9H7BrFNO3/c1-5-7(9(13)4-10)2-6(12(14)15)3-8(5)11/h2-3H,4H2,1H3. The molecule has 0 aliphatic rings. The summed E-state index contributed by atoms with van der Waals surface area (Å²) in [6.45, 7) is 1.41. The van der Waals surface area contributed by atoms with Crippen LogP contribution in [0.3, 0.4) is 0 Å². The minimum absolute atomic E-state index is 0.00838. The van der Waals surface area contributed by atoms with Gasteiger partial charge >= 0.3 is 0 Å². The number of hydrogen-bond acceptors (Lipinski definition) is 3. The van der Waals surface area contributed by atoms with Gasteiger partial charge in [-0.05, 0) is 12.5 Å². The van der Waals surface area contributed by atoms with E-state index in [4.69, 9.17) is 0 Å². The molecule has 1 aromatic carbocycles. The first kappa shape index (κ1) is 11.8. The normalized spacial score (nSPS) is 10.1. The highest BCUT2D eigenvalue weighted by Gasteiger charge is 2.17. The molecule has 0 amide bonds. The molecule has 0 saturated carbocycles. The number of carbonyl (C=O) groups excluding carboxylic acids is 1. The van der Waals surface area contributed by atoms with Crippen molar-refractivity contribution >= 4 is 27.4 Å². The summed E-state index contributed by atoms with van der Waals surface area (Å²) >= 11 is 2.93. The number of halogens is 2. The lowest BCUT2D eigenvalue weighted by molar-refractivity contribution is -0.385. The quantitative estimate of drug-likeness (QED) is 0.369. The van der Waals surface area contributed by atoms with Crippen LogP contribution >= 0.6 is 15.9 Å². The highest BCUT2D eigenvalue weighted by atomic mass is 79.9. The Morgan fingerprint density at radius 1 is 1.60 bits per heavy atom. The zero-order chi connectivity index (χ0) is 11.6. The van der Waals surface area contributed by atoms with Crippen LogP contribution in [0.2, 0.25) is 0 Å². The van der Waals surface area contributed by atoms with Gasteiger partial charge in [0.05, 0.1) is 16.3 Å². The molecule has 0 bridgehead atoms. The van der Waals surface area contributed by atoms with Crippen LogP contribution in [0, 0.1) is 22.9 Å². The van der Waals surface area contributed by atoms with Gasteiger partial charge in [-0.3, -0.25) is 14.9 Å². The summed E-state index contributed by atoms with van der Waals surface area (Å²) in [5, 5.41) is 10.5. The van der Waals surface area contributed by atoms with E-state index in [-0.39, 0.29) is 22.2 Å². The molecule has 0 unspecified atom stereocenters. The van der Waals surface area contributed by atoms with E-state index in [0.29, 0.717) is 0 Å². The lowest BCUT2D eigenvalue weighted by Crippen LogP contribution is -2.05. The highest BCUT2D eigenvalue weighted by molar-refractivity contribution is 9.09. The Kier molecular flexibility index (Phi) is 3.52. The molecule has 0 radical (unpaired) electrons. The fraction of sp³-hybridized carbons (Fsp3) is 0.222. The minimum Gasteiger partial charge on any atom is -0.293 e. The maximum absolute atomic E-state index is 13.2. The Labute approximate surface area is 93.4 Å². The van der Waals surface area contributed by atoms with Crippen molar-refractivity contribution in [3.05, 3.63) is 39.2 Å². The number of rotatable bonds is 3. The molecular formula is C9H7BrFNO3. The van der Waals surface area contributed by atoms with Gasteiger partial charge in [0.15, 0.2) is 5.78 Å². The van der Waals surface area contributed by atoms with E-state index in [1.165, 1.54) is 6.92 Å². The third-order valence-electron chi connectivity index (χ3n) is 1.96. The number of Topliss-reactive ketones (excluding diaryl/α,β-unsaturated/α-hetero) is 1. The fourth-order valence-electron chi connectivity index (χ4n) is 1.13. The monoisotopic (exact) mass is 275 g/mol. The molecule has 1 aromatic rings. The van der Waals surface area contributed by atoms with Crippen molar-refractivity contribution in [2.24, 2.45) is 0 Å². The summed E-state index contributed by atoms with van der Waals surface area (Å²) < 4.78 is 13.2. The predicted octanol–water partition coefficient (Wildman–Crippen LogP) is 2.62. The van der Waals surface area contributed by atoms with Crippen LogP contribution in [0.25, 0.3) is 0 Å². The number of ketones is 1. The number of nitro benzene ring substituents is 1. The van der Waals surface area contributed by atoms with Gasteiger partial charge in [0.2, 0.25) is 0 Å². The molecule has 80 valence electrons. The summed E-state index contributed by atoms with van der Waals surface area (Å²) in [5.74, 6) is -1.12. The van der Waals surface area contributed by atoms with E-state index in [2.05, 4.69) is 15.9 Å². The van der Waals surface area contributed by atoms with E-state index in [1.807, 2.05) is 0 Å². The van der Waals surface area contributed by atoms with Gasteiger partial charge < -0.3 is 0 Å². The Morgan fingerprint density at radius 2 is 2.20 bits per heavy atom. The summed E-state index contributed by atoms with van der Waals surface area (Å²) in [4.78, 5) is 21.0. The molecule has 0 saturated heterocycles. The van der Waals surface area contributed by atoms with E-state index in [0.717, 1.165) is 12.1 Å². The first-order chi connectivity index (χ1) is 6.97. The zero-order valence-corrected chi connectivity index (χ0v) is 9.38. The van der Waals surface area contributed by atoms with Crippen LogP contribution in [-0.4, -0.2) is 16.0 Å². The van der Waals surface area contributed by atoms with Gasteiger partial charge in [-0.2, -0.15) is 0 Å². The van der Waals surface area contributed by atoms with Crippen molar-refractivity contribution < 1.29 is 14.1 Å². The van der Waals surface area contributed by atoms with Gasteiger partial charge in [-0.15, -0.1) is 0 Å². The second-order valence-corrected chi connectivity index (χ2v) is 3.47. The maximum atomic E-state index is 13.2.